The lowest BCUT2D eigenvalue weighted by molar-refractivity contribution is 0.0728. The lowest BCUT2D eigenvalue weighted by Gasteiger charge is -2.24. The Balaban J connectivity index is 1.65. The third-order valence-corrected chi connectivity index (χ3v) is 4.96. The fourth-order valence-corrected chi connectivity index (χ4v) is 3.37. The highest BCUT2D eigenvalue weighted by molar-refractivity contribution is 5.95. The van der Waals surface area contributed by atoms with E-state index in [0.29, 0.717) is 40.8 Å². The number of aryl methyl sites for hydroxylation is 1. The average Bonchev–Trinajstić information content (AvgIpc) is 3.20. The molecule has 31 heavy (non-hydrogen) atoms. The molecule has 7 nitrogen and oxygen atoms in total. The van der Waals surface area contributed by atoms with Crippen LogP contribution < -0.4 is 14.4 Å². The molecule has 0 N–H and O–H groups in total. The number of aromatic nitrogens is 2. The largest absolute Gasteiger partial charge is 0.454 e. The Bertz CT molecular complexity index is 1120. The fraction of sp³-hybridized carbons (Fsp3) is 0.261. The summed E-state index contributed by atoms with van der Waals surface area (Å²) in [5.74, 6) is 1.27. The van der Waals surface area contributed by atoms with Gasteiger partial charge in [-0.3, -0.25) is 4.79 Å². The molecule has 0 aliphatic carbocycles. The average molecular weight is 422 g/mol. The van der Waals surface area contributed by atoms with Crippen molar-refractivity contribution in [3.63, 3.8) is 0 Å². The molecule has 0 saturated heterocycles. The Labute approximate surface area is 180 Å². The van der Waals surface area contributed by atoms with Crippen LogP contribution in [0.25, 0.3) is 0 Å². The maximum atomic E-state index is 13.7. The first-order valence-electron chi connectivity index (χ1n) is 9.84. The maximum absolute atomic E-state index is 13.7. The van der Waals surface area contributed by atoms with Gasteiger partial charge in [-0.1, -0.05) is 18.2 Å². The Hall–Kier alpha value is -3.68. The minimum absolute atomic E-state index is 0.180. The van der Waals surface area contributed by atoms with Crippen molar-refractivity contribution in [1.82, 2.24) is 14.9 Å². The molecule has 0 spiro atoms. The zero-order chi connectivity index (χ0) is 22.0. The summed E-state index contributed by atoms with van der Waals surface area (Å²) in [7, 11) is 3.68. The van der Waals surface area contributed by atoms with Crippen LogP contribution in [0.4, 0.5) is 10.3 Å². The standard InChI is InChI=1S/C23H23FN4O3/c1-15-19(11-25-23(26-15)27(2)3)22(29)28(12-16-5-4-6-18(24)9-16)13-17-7-8-20-21(10-17)31-14-30-20/h4-11H,12-14H2,1-3H3. The van der Waals surface area contributed by atoms with Gasteiger partial charge >= 0.3 is 0 Å². The van der Waals surface area contributed by atoms with Gasteiger partial charge < -0.3 is 19.3 Å². The molecule has 2 aromatic carbocycles. The van der Waals surface area contributed by atoms with Crippen molar-refractivity contribution in [2.75, 3.05) is 25.8 Å². The Morgan fingerprint density at radius 3 is 2.52 bits per heavy atom. The van der Waals surface area contributed by atoms with Crippen molar-refractivity contribution in [1.29, 1.82) is 0 Å². The van der Waals surface area contributed by atoms with E-state index in [4.69, 9.17) is 9.47 Å². The highest BCUT2D eigenvalue weighted by Crippen LogP contribution is 2.33. The molecule has 0 unspecified atom stereocenters. The highest BCUT2D eigenvalue weighted by atomic mass is 19.1. The number of anilines is 1. The second-order valence-corrected chi connectivity index (χ2v) is 7.54. The summed E-state index contributed by atoms with van der Waals surface area (Å²) >= 11 is 0. The molecule has 0 fully saturated rings. The van der Waals surface area contributed by atoms with Gasteiger partial charge in [-0.2, -0.15) is 0 Å². The van der Waals surface area contributed by atoms with Crippen molar-refractivity contribution in [3.05, 3.63) is 76.9 Å². The molecule has 1 amide bonds. The van der Waals surface area contributed by atoms with Crippen LogP contribution in [0.15, 0.2) is 48.7 Å². The molecule has 4 rings (SSSR count). The van der Waals surface area contributed by atoms with Gasteiger partial charge in [0, 0.05) is 33.4 Å². The number of rotatable bonds is 6. The zero-order valence-corrected chi connectivity index (χ0v) is 17.6. The zero-order valence-electron chi connectivity index (χ0n) is 17.6. The smallest absolute Gasteiger partial charge is 0.257 e. The summed E-state index contributed by atoms with van der Waals surface area (Å²) in [4.78, 5) is 25.6. The van der Waals surface area contributed by atoms with Gasteiger partial charge in [0.25, 0.3) is 5.91 Å². The number of fused-ring (bicyclic) bond motifs is 1. The van der Waals surface area contributed by atoms with E-state index in [2.05, 4.69) is 9.97 Å². The first-order valence-corrected chi connectivity index (χ1v) is 9.84. The summed E-state index contributed by atoms with van der Waals surface area (Å²) in [6, 6.07) is 11.8. The third-order valence-electron chi connectivity index (χ3n) is 4.96. The third kappa shape index (κ3) is 4.58. The van der Waals surface area contributed by atoms with E-state index >= 15 is 0 Å². The van der Waals surface area contributed by atoms with Crippen LogP contribution in [0.2, 0.25) is 0 Å². The van der Waals surface area contributed by atoms with Gasteiger partial charge in [0.15, 0.2) is 11.5 Å². The first-order chi connectivity index (χ1) is 14.9. The lowest BCUT2D eigenvalue weighted by Crippen LogP contribution is -2.31. The number of carbonyl (C=O) groups is 1. The van der Waals surface area contributed by atoms with Crippen LogP contribution in [0, 0.1) is 12.7 Å². The summed E-state index contributed by atoms with van der Waals surface area (Å²) in [6.07, 6.45) is 1.54. The molecule has 0 atom stereocenters. The Kier molecular flexibility index (Phi) is 5.70. The number of hydrogen-bond donors (Lipinski definition) is 0. The monoisotopic (exact) mass is 422 g/mol. The van der Waals surface area contributed by atoms with E-state index in [-0.39, 0.29) is 25.1 Å². The Morgan fingerprint density at radius 1 is 1.06 bits per heavy atom. The maximum Gasteiger partial charge on any atom is 0.257 e. The number of ether oxygens (including phenoxy) is 2. The molecular weight excluding hydrogens is 399 g/mol. The molecule has 0 radical (unpaired) electrons. The van der Waals surface area contributed by atoms with Crippen molar-refractivity contribution in [3.8, 4) is 11.5 Å². The second-order valence-electron chi connectivity index (χ2n) is 7.54. The van der Waals surface area contributed by atoms with Crippen molar-refractivity contribution in [2.45, 2.75) is 20.0 Å². The van der Waals surface area contributed by atoms with E-state index < -0.39 is 0 Å². The number of carbonyl (C=O) groups excluding carboxylic acids is 1. The van der Waals surface area contributed by atoms with E-state index in [1.54, 1.807) is 28.9 Å². The molecule has 1 aliphatic heterocycles. The minimum atomic E-state index is -0.345. The van der Waals surface area contributed by atoms with Crippen molar-refractivity contribution in [2.24, 2.45) is 0 Å². The van der Waals surface area contributed by atoms with E-state index in [9.17, 15) is 9.18 Å². The number of hydrogen-bond acceptors (Lipinski definition) is 6. The van der Waals surface area contributed by atoms with Gasteiger partial charge in [-0.15, -0.1) is 0 Å². The molecule has 160 valence electrons. The number of halogens is 1. The van der Waals surface area contributed by atoms with E-state index in [1.165, 1.54) is 18.3 Å². The summed E-state index contributed by atoms with van der Waals surface area (Å²) in [5.41, 5.74) is 2.55. The molecule has 8 heteroatoms. The van der Waals surface area contributed by atoms with Gasteiger partial charge in [0.05, 0.1) is 11.3 Å². The van der Waals surface area contributed by atoms with Gasteiger partial charge in [-0.05, 0) is 42.3 Å². The van der Waals surface area contributed by atoms with Crippen LogP contribution in [0.5, 0.6) is 11.5 Å². The normalized spacial score (nSPS) is 12.0. The summed E-state index contributed by atoms with van der Waals surface area (Å²) in [5, 5.41) is 0. The second kappa shape index (κ2) is 8.59. The predicted octanol–water partition coefficient (Wildman–Crippen LogP) is 3.56. The molecule has 0 saturated carbocycles. The number of amides is 1. The molecule has 3 aromatic rings. The van der Waals surface area contributed by atoms with Crippen molar-refractivity contribution >= 4 is 11.9 Å². The molecular formula is C23H23FN4O3. The van der Waals surface area contributed by atoms with Crippen LogP contribution >= 0.6 is 0 Å². The van der Waals surface area contributed by atoms with Crippen LogP contribution in [0.3, 0.4) is 0 Å². The van der Waals surface area contributed by atoms with Crippen LogP contribution in [-0.4, -0.2) is 41.7 Å². The minimum Gasteiger partial charge on any atom is -0.454 e. The SMILES string of the molecule is Cc1nc(N(C)C)ncc1C(=O)N(Cc1cccc(F)c1)Cc1ccc2c(c1)OCO2. The van der Waals surface area contributed by atoms with Crippen LogP contribution in [0.1, 0.15) is 27.2 Å². The molecule has 1 aromatic heterocycles. The molecule has 0 bridgehead atoms. The Morgan fingerprint density at radius 2 is 1.81 bits per heavy atom. The van der Waals surface area contributed by atoms with Gasteiger partial charge in [-0.25, -0.2) is 14.4 Å². The van der Waals surface area contributed by atoms with E-state index in [0.717, 1.165) is 5.56 Å². The van der Waals surface area contributed by atoms with Crippen LogP contribution in [-0.2, 0) is 13.1 Å². The fourth-order valence-electron chi connectivity index (χ4n) is 3.37. The lowest BCUT2D eigenvalue weighted by atomic mass is 10.1. The molecule has 2 heterocycles. The quantitative estimate of drug-likeness (QED) is 0.605. The number of nitrogens with zero attached hydrogens (tertiary/aromatic N) is 4. The topological polar surface area (TPSA) is 67.8 Å². The summed E-state index contributed by atoms with van der Waals surface area (Å²) in [6.45, 7) is 2.50. The van der Waals surface area contributed by atoms with Gasteiger partial charge in [0.2, 0.25) is 12.7 Å². The number of benzene rings is 2. The van der Waals surface area contributed by atoms with Gasteiger partial charge in [0.1, 0.15) is 5.82 Å². The highest BCUT2D eigenvalue weighted by Gasteiger charge is 2.22. The van der Waals surface area contributed by atoms with E-state index in [1.807, 2.05) is 32.3 Å². The predicted molar refractivity (Wildman–Crippen MR) is 114 cm³/mol. The first kappa shape index (κ1) is 20.6. The molecule has 1 aliphatic rings. The van der Waals surface area contributed by atoms with Crippen molar-refractivity contribution < 1.29 is 18.7 Å². The summed E-state index contributed by atoms with van der Waals surface area (Å²) < 4.78 is 24.6.